The van der Waals surface area contributed by atoms with Gasteiger partial charge in [-0.3, -0.25) is 9.79 Å². The minimum atomic E-state index is -4.76. The lowest BCUT2D eigenvalue weighted by Gasteiger charge is -2.16. The van der Waals surface area contributed by atoms with Gasteiger partial charge < -0.3 is 20.7 Å². The van der Waals surface area contributed by atoms with Gasteiger partial charge in [0.2, 0.25) is 5.91 Å². The number of para-hydroxylation sites is 1. The molecule has 2 rings (SSSR count). The molecule has 0 aromatic heterocycles. The topological polar surface area (TPSA) is 74.8 Å². The highest BCUT2D eigenvalue weighted by atomic mass is 127. The molecule has 2 aromatic carbocycles. The standard InChI is InChI=1S/C19H21F3N4O2.HI/c1-13(27)26-16-8-5-6-14(10-16)11-24-18(23-2)25-12-15-7-3-4-9-17(15)28-19(20,21)22;/h3-10H,11-12H2,1-2H3,(H,26,27)(H2,23,24,25);1H. The van der Waals surface area contributed by atoms with Gasteiger partial charge in [0.25, 0.3) is 0 Å². The summed E-state index contributed by atoms with van der Waals surface area (Å²) in [6.07, 6.45) is -4.76. The second-order valence-corrected chi connectivity index (χ2v) is 5.82. The van der Waals surface area contributed by atoms with E-state index in [9.17, 15) is 18.0 Å². The first kappa shape index (κ1) is 24.5. The third-order valence-electron chi connectivity index (χ3n) is 3.58. The van der Waals surface area contributed by atoms with E-state index in [1.807, 2.05) is 18.2 Å². The Morgan fingerprint density at radius 1 is 1.07 bits per heavy atom. The van der Waals surface area contributed by atoms with Crippen molar-refractivity contribution < 1.29 is 22.7 Å². The fraction of sp³-hybridized carbons (Fsp3) is 0.263. The number of alkyl halides is 3. The van der Waals surface area contributed by atoms with Crippen molar-refractivity contribution in [2.75, 3.05) is 12.4 Å². The molecule has 0 radical (unpaired) electrons. The van der Waals surface area contributed by atoms with Gasteiger partial charge in [0.1, 0.15) is 5.75 Å². The van der Waals surface area contributed by atoms with Crippen LogP contribution < -0.4 is 20.7 Å². The number of amides is 1. The number of rotatable bonds is 6. The predicted octanol–water partition coefficient (Wildman–Crippen LogP) is 4.03. The second-order valence-electron chi connectivity index (χ2n) is 5.82. The van der Waals surface area contributed by atoms with E-state index in [1.165, 1.54) is 25.1 Å². The largest absolute Gasteiger partial charge is 0.573 e. The molecule has 0 saturated carbocycles. The first-order valence-electron chi connectivity index (χ1n) is 8.41. The smallest absolute Gasteiger partial charge is 0.405 e. The molecule has 0 spiro atoms. The number of guanidine groups is 1. The van der Waals surface area contributed by atoms with Crippen molar-refractivity contribution in [2.45, 2.75) is 26.4 Å². The van der Waals surface area contributed by atoms with Gasteiger partial charge in [0, 0.05) is 38.3 Å². The van der Waals surface area contributed by atoms with Crippen LogP contribution in [0.25, 0.3) is 0 Å². The molecule has 0 bridgehead atoms. The van der Waals surface area contributed by atoms with E-state index < -0.39 is 6.36 Å². The molecule has 6 nitrogen and oxygen atoms in total. The van der Waals surface area contributed by atoms with E-state index in [0.717, 1.165) is 5.56 Å². The molecular weight excluding hydrogens is 500 g/mol. The molecule has 0 atom stereocenters. The lowest BCUT2D eigenvalue weighted by Crippen LogP contribution is -2.36. The number of nitrogens with zero attached hydrogens (tertiary/aromatic N) is 1. The molecule has 0 aliphatic heterocycles. The maximum atomic E-state index is 12.5. The van der Waals surface area contributed by atoms with Crippen molar-refractivity contribution >= 4 is 41.5 Å². The number of hydrogen-bond acceptors (Lipinski definition) is 3. The average molecular weight is 522 g/mol. The van der Waals surface area contributed by atoms with E-state index in [1.54, 1.807) is 19.2 Å². The molecule has 0 aliphatic rings. The SMILES string of the molecule is CN=C(NCc1cccc(NC(C)=O)c1)NCc1ccccc1OC(F)(F)F.I. The number of ether oxygens (including phenoxy) is 1. The van der Waals surface area contributed by atoms with Crippen LogP contribution in [0.2, 0.25) is 0 Å². The Kier molecular flexibility index (Phi) is 9.72. The lowest BCUT2D eigenvalue weighted by molar-refractivity contribution is -0.274. The Morgan fingerprint density at radius 3 is 2.41 bits per heavy atom. The number of aliphatic imine (C=N–C) groups is 1. The van der Waals surface area contributed by atoms with Gasteiger partial charge in [-0.15, -0.1) is 37.1 Å². The van der Waals surface area contributed by atoms with Crippen molar-refractivity contribution in [3.8, 4) is 5.75 Å². The Balaban J connectivity index is 0.00000420. The molecule has 3 N–H and O–H groups in total. The second kappa shape index (κ2) is 11.5. The normalized spacial score (nSPS) is 11.3. The van der Waals surface area contributed by atoms with Gasteiger partial charge in [-0.2, -0.15) is 0 Å². The van der Waals surface area contributed by atoms with Crippen molar-refractivity contribution in [3.05, 3.63) is 59.7 Å². The maximum Gasteiger partial charge on any atom is 0.573 e. The number of carbonyl (C=O) groups excluding carboxylic acids is 1. The number of halogens is 4. The Morgan fingerprint density at radius 2 is 1.76 bits per heavy atom. The molecule has 0 fully saturated rings. The molecule has 0 saturated heterocycles. The van der Waals surface area contributed by atoms with Crippen molar-refractivity contribution in [2.24, 2.45) is 4.99 Å². The van der Waals surface area contributed by atoms with Crippen molar-refractivity contribution in [1.82, 2.24) is 10.6 Å². The summed E-state index contributed by atoms with van der Waals surface area (Å²) in [5.41, 5.74) is 1.92. The highest BCUT2D eigenvalue weighted by Crippen LogP contribution is 2.26. The maximum absolute atomic E-state index is 12.5. The van der Waals surface area contributed by atoms with Crippen LogP contribution in [0, 0.1) is 0 Å². The van der Waals surface area contributed by atoms with Gasteiger partial charge >= 0.3 is 6.36 Å². The summed E-state index contributed by atoms with van der Waals surface area (Å²) >= 11 is 0. The van der Waals surface area contributed by atoms with Crippen LogP contribution in [-0.4, -0.2) is 25.3 Å². The molecule has 10 heteroatoms. The molecule has 0 unspecified atom stereocenters. The first-order chi connectivity index (χ1) is 13.3. The summed E-state index contributed by atoms with van der Waals surface area (Å²) in [4.78, 5) is 15.2. The summed E-state index contributed by atoms with van der Waals surface area (Å²) < 4.78 is 41.5. The number of nitrogens with one attached hydrogen (secondary N) is 3. The Bertz CT molecular complexity index is 844. The molecule has 0 heterocycles. The van der Waals surface area contributed by atoms with E-state index in [4.69, 9.17) is 0 Å². The highest BCUT2D eigenvalue weighted by molar-refractivity contribution is 14.0. The fourth-order valence-corrected chi connectivity index (χ4v) is 2.42. The van der Waals surface area contributed by atoms with Gasteiger partial charge in [0.15, 0.2) is 5.96 Å². The summed E-state index contributed by atoms with van der Waals surface area (Å²) in [6.45, 7) is 1.93. The Labute approximate surface area is 184 Å². The van der Waals surface area contributed by atoms with Crippen molar-refractivity contribution in [3.63, 3.8) is 0 Å². The monoisotopic (exact) mass is 522 g/mol. The highest BCUT2D eigenvalue weighted by Gasteiger charge is 2.31. The van der Waals surface area contributed by atoms with E-state index in [2.05, 4.69) is 25.7 Å². The molecule has 29 heavy (non-hydrogen) atoms. The third-order valence-corrected chi connectivity index (χ3v) is 3.58. The van der Waals surface area contributed by atoms with Gasteiger partial charge in [-0.25, -0.2) is 0 Å². The third kappa shape index (κ3) is 9.03. The molecular formula is C19H22F3IN4O2. The lowest BCUT2D eigenvalue weighted by atomic mass is 10.2. The van der Waals surface area contributed by atoms with Gasteiger partial charge in [-0.1, -0.05) is 30.3 Å². The van der Waals surface area contributed by atoms with E-state index in [-0.39, 0.29) is 42.2 Å². The minimum absolute atomic E-state index is 0. The van der Waals surface area contributed by atoms with Crippen LogP contribution in [0.4, 0.5) is 18.9 Å². The van der Waals surface area contributed by atoms with E-state index in [0.29, 0.717) is 23.8 Å². The fourth-order valence-electron chi connectivity index (χ4n) is 2.42. The van der Waals surface area contributed by atoms with Crippen LogP contribution >= 0.6 is 24.0 Å². The summed E-state index contributed by atoms with van der Waals surface area (Å²) in [5, 5.41) is 8.72. The molecule has 2 aromatic rings. The summed E-state index contributed by atoms with van der Waals surface area (Å²) in [6, 6.07) is 13.2. The van der Waals surface area contributed by atoms with Crippen LogP contribution in [-0.2, 0) is 17.9 Å². The predicted molar refractivity (Wildman–Crippen MR) is 116 cm³/mol. The zero-order chi connectivity index (χ0) is 20.6. The van der Waals surface area contributed by atoms with E-state index >= 15 is 0 Å². The molecule has 158 valence electrons. The number of carbonyl (C=O) groups is 1. The number of hydrogen-bond donors (Lipinski definition) is 3. The summed E-state index contributed by atoms with van der Waals surface area (Å²) in [5.74, 6) is -0.0185. The van der Waals surface area contributed by atoms with Gasteiger partial charge in [-0.05, 0) is 23.8 Å². The zero-order valence-electron chi connectivity index (χ0n) is 15.8. The number of benzene rings is 2. The summed E-state index contributed by atoms with van der Waals surface area (Å²) in [7, 11) is 1.56. The van der Waals surface area contributed by atoms with Crippen LogP contribution in [0.15, 0.2) is 53.5 Å². The van der Waals surface area contributed by atoms with Crippen LogP contribution in [0.5, 0.6) is 5.75 Å². The minimum Gasteiger partial charge on any atom is -0.405 e. The quantitative estimate of drug-likeness (QED) is 0.305. The van der Waals surface area contributed by atoms with Crippen LogP contribution in [0.3, 0.4) is 0 Å². The molecule has 1 amide bonds. The van der Waals surface area contributed by atoms with Crippen LogP contribution in [0.1, 0.15) is 18.1 Å². The zero-order valence-corrected chi connectivity index (χ0v) is 18.2. The molecule has 0 aliphatic carbocycles. The first-order valence-corrected chi connectivity index (χ1v) is 8.41. The van der Waals surface area contributed by atoms with Crippen molar-refractivity contribution in [1.29, 1.82) is 0 Å². The number of anilines is 1. The Hall–Kier alpha value is -2.50. The average Bonchev–Trinajstić information content (AvgIpc) is 2.61. The van der Waals surface area contributed by atoms with Gasteiger partial charge in [0.05, 0.1) is 0 Å².